The van der Waals surface area contributed by atoms with E-state index >= 15 is 0 Å². The van der Waals surface area contributed by atoms with E-state index in [4.69, 9.17) is 5.73 Å². The number of nitrogens with two attached hydrogens (primary N) is 1. The molecule has 0 aromatic heterocycles. The third-order valence-electron chi connectivity index (χ3n) is 7.09. The van der Waals surface area contributed by atoms with Crippen LogP contribution in [0.25, 0.3) is 11.1 Å². The van der Waals surface area contributed by atoms with Gasteiger partial charge in [-0.1, -0.05) is 29.8 Å². The Morgan fingerprint density at radius 3 is 2.23 bits per heavy atom. The molecule has 1 aliphatic rings. The van der Waals surface area contributed by atoms with Crippen LogP contribution < -0.4 is 16.0 Å². The molecule has 7 nitrogen and oxygen atoms in total. The van der Waals surface area contributed by atoms with E-state index < -0.39 is 5.92 Å². The van der Waals surface area contributed by atoms with Crippen LogP contribution in [0, 0.1) is 12.8 Å². The van der Waals surface area contributed by atoms with Gasteiger partial charge in [0, 0.05) is 48.5 Å². The number of benzene rings is 3. The minimum absolute atomic E-state index is 0.197. The number of anilines is 3. The highest BCUT2D eigenvalue weighted by molar-refractivity contribution is 6.06. The molecule has 0 bridgehead atoms. The van der Waals surface area contributed by atoms with Gasteiger partial charge < -0.3 is 20.9 Å². The number of dihydropyridines is 1. The maximum atomic E-state index is 13.6. The second kappa shape index (κ2) is 11.7. The average Bonchev–Trinajstić information content (AvgIpc) is 2.88. The van der Waals surface area contributed by atoms with Crippen molar-refractivity contribution >= 4 is 34.6 Å². The first kappa shape index (κ1) is 27.8. The van der Waals surface area contributed by atoms with Crippen LogP contribution in [-0.2, 0) is 11.3 Å². The van der Waals surface area contributed by atoms with Crippen LogP contribution in [0.15, 0.2) is 77.3 Å². The van der Waals surface area contributed by atoms with Crippen molar-refractivity contribution in [1.82, 2.24) is 10.2 Å². The molecule has 3 N–H and O–H groups in total. The Bertz CT molecular complexity index is 1440. The van der Waals surface area contributed by atoms with E-state index in [0.717, 1.165) is 40.2 Å². The van der Waals surface area contributed by atoms with E-state index in [1.807, 2.05) is 71.4 Å². The number of hydrogen-bond acceptors (Lipinski definition) is 5. The molecule has 1 atom stereocenters. The zero-order valence-electron chi connectivity index (χ0n) is 23.6. The first-order valence-electron chi connectivity index (χ1n) is 13.1. The van der Waals surface area contributed by atoms with Gasteiger partial charge >= 0.3 is 0 Å². The van der Waals surface area contributed by atoms with Crippen LogP contribution in [-0.4, -0.2) is 50.1 Å². The van der Waals surface area contributed by atoms with Gasteiger partial charge in [-0.3, -0.25) is 9.59 Å². The van der Waals surface area contributed by atoms with E-state index in [0.29, 0.717) is 17.0 Å². The topological polar surface area (TPSA) is 91.0 Å². The Kier molecular flexibility index (Phi) is 8.31. The van der Waals surface area contributed by atoms with Gasteiger partial charge in [0.2, 0.25) is 0 Å². The Hall–Kier alpha value is -4.23. The molecule has 0 aliphatic carbocycles. The van der Waals surface area contributed by atoms with Crippen LogP contribution in [0.1, 0.15) is 35.3 Å². The van der Waals surface area contributed by atoms with Crippen molar-refractivity contribution < 1.29 is 9.59 Å². The van der Waals surface area contributed by atoms with Crippen LogP contribution in [0.3, 0.4) is 0 Å². The van der Waals surface area contributed by atoms with Crippen LogP contribution in [0.5, 0.6) is 0 Å². The summed E-state index contributed by atoms with van der Waals surface area (Å²) in [5.41, 5.74) is 14.6. The van der Waals surface area contributed by atoms with Gasteiger partial charge in [-0.15, -0.1) is 0 Å². The van der Waals surface area contributed by atoms with Gasteiger partial charge in [-0.05, 0) is 99.6 Å². The first-order chi connectivity index (χ1) is 18.5. The van der Waals surface area contributed by atoms with Crippen LogP contribution >= 0.6 is 0 Å². The number of allylic oxidation sites excluding steroid dienone is 1. The fourth-order valence-electron chi connectivity index (χ4n) is 4.90. The highest BCUT2D eigenvalue weighted by Gasteiger charge is 2.25. The van der Waals surface area contributed by atoms with E-state index in [-0.39, 0.29) is 18.4 Å². The highest BCUT2D eigenvalue weighted by atomic mass is 16.2. The van der Waals surface area contributed by atoms with Gasteiger partial charge in [-0.2, -0.15) is 0 Å². The summed E-state index contributed by atoms with van der Waals surface area (Å²) in [6.45, 7) is 6.70. The molecule has 0 spiro atoms. The van der Waals surface area contributed by atoms with E-state index in [1.165, 1.54) is 5.56 Å². The minimum atomic E-state index is -0.456. The Labute approximate surface area is 231 Å². The average molecular weight is 524 g/mol. The van der Waals surface area contributed by atoms with Crippen molar-refractivity contribution in [2.45, 2.75) is 27.3 Å². The molecular weight excluding hydrogens is 486 g/mol. The van der Waals surface area contributed by atoms with Crippen molar-refractivity contribution in [3.05, 3.63) is 89.0 Å². The summed E-state index contributed by atoms with van der Waals surface area (Å²) in [4.78, 5) is 34.3. The number of nitrogens with zero attached hydrogens (tertiary/aromatic N) is 3. The fourth-order valence-corrected chi connectivity index (χ4v) is 4.90. The van der Waals surface area contributed by atoms with Crippen molar-refractivity contribution in [2.75, 3.05) is 38.3 Å². The van der Waals surface area contributed by atoms with Gasteiger partial charge in [-0.25, -0.2) is 4.99 Å². The second-order valence-electron chi connectivity index (χ2n) is 10.5. The Morgan fingerprint density at radius 1 is 0.949 bits per heavy atom. The predicted octanol–water partition coefficient (Wildman–Crippen LogP) is 5.37. The molecule has 202 valence electrons. The molecule has 3 aromatic carbocycles. The fraction of sp³-hybridized carbons (Fsp3) is 0.281. The molecular formula is C32H37N5O2. The van der Waals surface area contributed by atoms with Crippen molar-refractivity contribution in [3.63, 3.8) is 0 Å². The summed E-state index contributed by atoms with van der Waals surface area (Å²) in [5, 5.41) is 3.00. The van der Waals surface area contributed by atoms with Crippen LogP contribution in [0.4, 0.5) is 17.1 Å². The lowest BCUT2D eigenvalue weighted by molar-refractivity contribution is -0.120. The van der Waals surface area contributed by atoms with Crippen LogP contribution in [0.2, 0.25) is 0 Å². The monoisotopic (exact) mass is 523 g/mol. The van der Waals surface area contributed by atoms with Gasteiger partial charge in [0.15, 0.2) is 0 Å². The smallest absolute Gasteiger partial charge is 0.254 e. The molecule has 0 radical (unpaired) electrons. The molecule has 0 saturated heterocycles. The molecule has 7 heteroatoms. The first-order valence-corrected chi connectivity index (χ1v) is 13.1. The maximum Gasteiger partial charge on any atom is 0.254 e. The van der Waals surface area contributed by atoms with Gasteiger partial charge in [0.1, 0.15) is 0 Å². The predicted molar refractivity (Wildman–Crippen MR) is 161 cm³/mol. The van der Waals surface area contributed by atoms with Crippen molar-refractivity contribution in [1.29, 1.82) is 0 Å². The SMILES string of the molecule is CC1=CC(C)=NC(=O)C1CNC(=O)c1cc(-c2ccc(CN(C)C)cc2)cc(N(C)c2ccc(N)cc2)c1C. The Balaban J connectivity index is 1.70. The second-order valence-corrected chi connectivity index (χ2v) is 10.5. The number of carbonyl (C=O) groups excluding carboxylic acids is 2. The molecule has 39 heavy (non-hydrogen) atoms. The van der Waals surface area contributed by atoms with E-state index in [2.05, 4.69) is 50.4 Å². The molecule has 1 unspecified atom stereocenters. The number of hydrogen-bond donors (Lipinski definition) is 2. The maximum absolute atomic E-state index is 13.6. The third kappa shape index (κ3) is 6.44. The molecule has 2 amide bonds. The zero-order chi connectivity index (χ0) is 28.3. The van der Waals surface area contributed by atoms with Gasteiger partial charge in [0.05, 0.1) is 5.92 Å². The lowest BCUT2D eigenvalue weighted by Gasteiger charge is -2.25. The number of aliphatic imine (C=N–C) groups is 1. The Morgan fingerprint density at radius 2 is 1.62 bits per heavy atom. The summed E-state index contributed by atoms with van der Waals surface area (Å²) in [5.74, 6) is -0.903. The molecule has 1 heterocycles. The lowest BCUT2D eigenvalue weighted by atomic mass is 9.94. The summed E-state index contributed by atoms with van der Waals surface area (Å²) in [7, 11) is 6.07. The standard InChI is InChI=1S/C32H37N5O2/c1-20-15-21(2)35-32(39)29(20)18-34-31(38)28-16-25(24-9-7-23(8-10-24)19-36(4)5)17-30(22(28)3)37(6)27-13-11-26(33)12-14-27/h7-17,29H,18-19,33H2,1-6H3,(H,34,38). The summed E-state index contributed by atoms with van der Waals surface area (Å²) >= 11 is 0. The van der Waals surface area contributed by atoms with Crippen molar-refractivity contribution in [2.24, 2.45) is 10.9 Å². The third-order valence-corrected chi connectivity index (χ3v) is 7.09. The zero-order valence-corrected chi connectivity index (χ0v) is 23.6. The van der Waals surface area contributed by atoms with Gasteiger partial charge in [0.25, 0.3) is 11.8 Å². The number of rotatable bonds is 8. The normalized spacial score (nSPS) is 15.2. The quantitative estimate of drug-likeness (QED) is 0.388. The number of carbonyl (C=O) groups is 2. The van der Waals surface area contributed by atoms with E-state index in [1.54, 1.807) is 6.92 Å². The molecule has 1 aliphatic heterocycles. The summed E-state index contributed by atoms with van der Waals surface area (Å²) in [6, 6.07) is 20.1. The minimum Gasteiger partial charge on any atom is -0.399 e. The molecule has 4 rings (SSSR count). The lowest BCUT2D eigenvalue weighted by Crippen LogP contribution is -2.35. The summed E-state index contributed by atoms with van der Waals surface area (Å²) in [6.07, 6.45) is 1.89. The molecule has 3 aromatic rings. The largest absolute Gasteiger partial charge is 0.399 e. The summed E-state index contributed by atoms with van der Waals surface area (Å²) < 4.78 is 0. The number of nitrogens with one attached hydrogen (secondary N) is 1. The molecule has 0 fully saturated rings. The number of amides is 2. The number of nitrogen functional groups attached to an aromatic ring is 1. The van der Waals surface area contributed by atoms with Crippen molar-refractivity contribution in [3.8, 4) is 11.1 Å². The molecule has 0 saturated carbocycles. The van der Waals surface area contributed by atoms with E-state index in [9.17, 15) is 9.59 Å². The highest BCUT2D eigenvalue weighted by Crippen LogP contribution is 2.34.